The zero-order valence-corrected chi connectivity index (χ0v) is 49.9. The maximum atomic E-state index is 12.6. The lowest BCUT2D eigenvalue weighted by molar-refractivity contribution is -0.187. The lowest BCUT2D eigenvalue weighted by atomic mass is 9.84. The van der Waals surface area contributed by atoms with E-state index in [1.807, 2.05) is 79.2 Å². The van der Waals surface area contributed by atoms with Gasteiger partial charge in [-0.2, -0.15) is 0 Å². The lowest BCUT2D eigenvalue weighted by Gasteiger charge is -2.24. The molecule has 0 bridgehead atoms. The molecule has 3 aliphatic rings. The van der Waals surface area contributed by atoms with Gasteiger partial charge in [0.15, 0.2) is 6.29 Å². The third-order valence-electron chi connectivity index (χ3n) is 12.9. The molecule has 6 nitrogen and oxygen atoms in total. The van der Waals surface area contributed by atoms with Crippen molar-refractivity contribution >= 4 is 0 Å². The van der Waals surface area contributed by atoms with Crippen molar-refractivity contribution in [2.75, 3.05) is 13.2 Å². The van der Waals surface area contributed by atoms with Crippen LogP contribution in [0.2, 0.25) is 0 Å². The van der Waals surface area contributed by atoms with Crippen LogP contribution in [0, 0.1) is 136 Å². The normalized spacial score (nSPS) is 19.1. The van der Waals surface area contributed by atoms with Gasteiger partial charge in [0.25, 0.3) is 0 Å². The summed E-state index contributed by atoms with van der Waals surface area (Å²) in [5.41, 5.74) is 9.76. The number of aromatic nitrogens is 4. The Morgan fingerprint density at radius 2 is 0.724 bits per heavy atom. The van der Waals surface area contributed by atoms with Gasteiger partial charge >= 0.3 is 0 Å². The molecule has 6 aromatic rings. The van der Waals surface area contributed by atoms with Crippen molar-refractivity contribution in [1.29, 1.82) is 0 Å². The number of halogens is 4. The van der Waals surface area contributed by atoms with Crippen LogP contribution in [-0.2, 0) is 9.47 Å². The standard InChI is InChI=1S/C8H8F2.C8H9F.2C8H16.C8H10.C7H8FN.C7H9N.C6H8N2.C6H12O2/c1-5-3-7(9)6(2)8(10)4-5;1-6-3-4-7(2)8(9)5-6;3*1-7-3-5-8(2)6-4-7;1-5-3-7(8)6(2)9-4-5;1-6-3-4-7(2)8-5-6;2*1-5-3-7-6(2)8-4-5/h3-4H,1-2H3;3-5H,1-2H3;2*7-8H,3-6H2,1-2H3;3-6H,1-2H3;3-4H,1-2H3;3-5H,1-2H3;3-4H,1-2H3;5-6H,3-4H2,1-2H3. The summed E-state index contributed by atoms with van der Waals surface area (Å²) in [7, 11) is 0. The molecule has 2 aliphatic carbocycles. The Kier molecular flexibility index (Phi) is 34.6. The maximum Gasteiger partial charge on any atom is 0.154 e. The van der Waals surface area contributed by atoms with Crippen LogP contribution in [0.25, 0.3) is 0 Å². The van der Waals surface area contributed by atoms with Crippen LogP contribution < -0.4 is 0 Å². The number of ether oxygens (including phenoxy) is 2. The molecule has 76 heavy (non-hydrogen) atoms. The summed E-state index contributed by atoms with van der Waals surface area (Å²) < 4.78 is 60.6. The fraction of sp³-hybridized carbons (Fsp3) is 0.515. The molecule has 1 aliphatic heterocycles. The van der Waals surface area contributed by atoms with E-state index in [1.165, 1.54) is 99.2 Å². The molecule has 3 fully saturated rings. The highest BCUT2D eigenvalue weighted by molar-refractivity contribution is 5.24. The summed E-state index contributed by atoms with van der Waals surface area (Å²) in [6.07, 6.45) is 18.9. The molecular weight excluding hydrogens is 957 g/mol. The van der Waals surface area contributed by atoms with E-state index < -0.39 is 11.6 Å². The largest absolute Gasteiger partial charge is 0.353 e. The van der Waals surface area contributed by atoms with Gasteiger partial charge in [-0.1, -0.05) is 140 Å². The van der Waals surface area contributed by atoms with Crippen LogP contribution in [0.3, 0.4) is 0 Å². The Morgan fingerprint density at radius 1 is 0.355 bits per heavy atom. The fourth-order valence-corrected chi connectivity index (χ4v) is 7.26. The van der Waals surface area contributed by atoms with Gasteiger partial charge in [0.2, 0.25) is 0 Å². The number of nitrogens with zero attached hydrogens (tertiary/aromatic N) is 4. The number of hydrogen-bond donors (Lipinski definition) is 0. The van der Waals surface area contributed by atoms with Crippen molar-refractivity contribution in [1.82, 2.24) is 19.9 Å². The van der Waals surface area contributed by atoms with E-state index in [9.17, 15) is 17.6 Å². The van der Waals surface area contributed by atoms with Crippen LogP contribution in [0.15, 0.2) is 97.6 Å². The monoisotopic (exact) mass is 1050 g/mol. The molecule has 0 unspecified atom stereocenters. The van der Waals surface area contributed by atoms with Gasteiger partial charge in [-0.3, -0.25) is 9.97 Å². The molecule has 0 atom stereocenters. The Labute approximate surface area is 458 Å². The second kappa shape index (κ2) is 38.3. The molecule has 9 rings (SSSR count). The Hall–Kier alpha value is -5.32. The van der Waals surface area contributed by atoms with Crippen molar-refractivity contribution in [3.8, 4) is 0 Å². The van der Waals surface area contributed by atoms with Crippen molar-refractivity contribution in [2.45, 2.75) is 182 Å². The van der Waals surface area contributed by atoms with Gasteiger partial charge in [-0.25, -0.2) is 27.5 Å². The maximum absolute atomic E-state index is 12.6. The SMILES string of the molecule is CC1CCC(C)CC1.CC1CCC(C)CC1.CC1COC(C)OC1.Cc1cc(F)c(C)c(F)c1.Cc1ccc(C)c(F)c1.Cc1ccc(C)cc1.Cc1ccc(C)nc1.Cc1cnc(C)c(F)c1.Cc1cnc(C)nc1. The van der Waals surface area contributed by atoms with Crippen molar-refractivity contribution in [3.05, 3.63) is 188 Å². The second-order valence-electron chi connectivity index (χ2n) is 21.7. The molecule has 2 saturated carbocycles. The zero-order valence-electron chi connectivity index (χ0n) is 49.9. The minimum atomic E-state index is -0.475. The fourth-order valence-electron chi connectivity index (χ4n) is 7.26. The molecule has 3 aromatic carbocycles. The topological polar surface area (TPSA) is 70.0 Å². The minimum absolute atomic E-state index is 0.0196. The first kappa shape index (κ1) is 68.7. The third kappa shape index (κ3) is 33.7. The highest BCUT2D eigenvalue weighted by Crippen LogP contribution is 2.28. The average Bonchev–Trinajstić information content (AvgIpc) is 3.38. The number of pyridine rings is 2. The molecule has 0 N–H and O–H groups in total. The minimum Gasteiger partial charge on any atom is -0.353 e. The highest BCUT2D eigenvalue weighted by atomic mass is 19.1. The average molecular weight is 1050 g/mol. The smallest absolute Gasteiger partial charge is 0.154 e. The number of benzene rings is 3. The Morgan fingerprint density at radius 3 is 1.05 bits per heavy atom. The van der Waals surface area contributed by atoms with E-state index in [2.05, 4.69) is 98.7 Å². The molecule has 3 aromatic heterocycles. The van der Waals surface area contributed by atoms with Crippen LogP contribution in [-0.4, -0.2) is 39.4 Å². The van der Waals surface area contributed by atoms with Gasteiger partial charge in [0.05, 0.1) is 18.9 Å². The summed E-state index contributed by atoms with van der Waals surface area (Å²) in [5.74, 6) is 4.19. The first-order valence-corrected chi connectivity index (χ1v) is 27.4. The van der Waals surface area contributed by atoms with E-state index in [0.29, 0.717) is 22.7 Å². The van der Waals surface area contributed by atoms with E-state index in [-0.39, 0.29) is 23.5 Å². The van der Waals surface area contributed by atoms with Gasteiger partial charge in [-0.15, -0.1) is 0 Å². The van der Waals surface area contributed by atoms with Crippen molar-refractivity contribution in [3.63, 3.8) is 0 Å². The second-order valence-corrected chi connectivity index (χ2v) is 21.7. The first-order chi connectivity index (χ1) is 35.7. The zero-order chi connectivity index (χ0) is 57.3. The third-order valence-corrected chi connectivity index (χ3v) is 12.9. The Balaban J connectivity index is 0.000000428. The van der Waals surface area contributed by atoms with Crippen LogP contribution >= 0.6 is 0 Å². The molecule has 0 radical (unpaired) electrons. The van der Waals surface area contributed by atoms with E-state index in [0.717, 1.165) is 65.1 Å². The molecule has 1 saturated heterocycles. The number of aryl methyl sites for hydroxylation is 11. The van der Waals surface area contributed by atoms with Crippen LogP contribution in [0.5, 0.6) is 0 Å². The van der Waals surface area contributed by atoms with Gasteiger partial charge < -0.3 is 9.47 Å². The summed E-state index contributed by atoms with van der Waals surface area (Å²) in [5, 5.41) is 0. The summed E-state index contributed by atoms with van der Waals surface area (Å²) in [6, 6.07) is 21.9. The molecule has 4 heterocycles. The number of rotatable bonds is 0. The van der Waals surface area contributed by atoms with E-state index in [1.54, 1.807) is 33.0 Å². The van der Waals surface area contributed by atoms with Gasteiger partial charge in [-0.05, 0) is 177 Å². The van der Waals surface area contributed by atoms with Crippen molar-refractivity contribution < 1.29 is 27.0 Å². The van der Waals surface area contributed by atoms with Crippen molar-refractivity contribution in [2.24, 2.45) is 29.6 Å². The molecular formula is C66H96F4N4O2. The van der Waals surface area contributed by atoms with Gasteiger partial charge in [0.1, 0.15) is 29.1 Å². The highest BCUT2D eigenvalue weighted by Gasteiger charge is 2.15. The molecule has 0 spiro atoms. The van der Waals surface area contributed by atoms with Crippen LogP contribution in [0.1, 0.15) is 160 Å². The molecule has 0 amide bonds. The summed E-state index contributed by atoms with van der Waals surface area (Å²) in [6.45, 7) is 37.4. The van der Waals surface area contributed by atoms with E-state index >= 15 is 0 Å². The molecule has 10 heteroatoms. The van der Waals surface area contributed by atoms with Crippen LogP contribution in [0.4, 0.5) is 17.6 Å². The summed E-state index contributed by atoms with van der Waals surface area (Å²) in [4.78, 5) is 15.8. The number of hydrogen-bond acceptors (Lipinski definition) is 6. The van der Waals surface area contributed by atoms with Gasteiger partial charge in [0, 0.05) is 42.0 Å². The van der Waals surface area contributed by atoms with E-state index in [4.69, 9.17) is 9.47 Å². The first-order valence-electron chi connectivity index (χ1n) is 27.4. The molecule has 420 valence electrons. The predicted molar refractivity (Wildman–Crippen MR) is 311 cm³/mol. The summed E-state index contributed by atoms with van der Waals surface area (Å²) >= 11 is 0. The quantitative estimate of drug-likeness (QED) is 0.141. The predicted octanol–water partition coefficient (Wildman–Crippen LogP) is 18.6. The Bertz CT molecular complexity index is 2130. The lowest BCUT2D eigenvalue weighted by Crippen LogP contribution is -2.27.